The average molecular weight is 362 g/mol. The van der Waals surface area contributed by atoms with Crippen LogP contribution < -0.4 is 4.74 Å². The van der Waals surface area contributed by atoms with Crippen molar-refractivity contribution in [3.05, 3.63) is 83.7 Å². The number of hydrogen-bond donors (Lipinski definition) is 0. The van der Waals surface area contributed by atoms with E-state index in [1.54, 1.807) is 0 Å². The van der Waals surface area contributed by atoms with Crippen LogP contribution in [0.3, 0.4) is 0 Å². The van der Waals surface area contributed by atoms with Crippen LogP contribution in [0.15, 0.2) is 76.4 Å². The van der Waals surface area contributed by atoms with Crippen LogP contribution in [-0.2, 0) is 12.4 Å². The van der Waals surface area contributed by atoms with Crippen LogP contribution in [0.5, 0.6) is 5.75 Å². The molecule has 0 saturated heterocycles. The molecular formula is C21H18N2O2S. The molecule has 0 bridgehead atoms. The lowest BCUT2D eigenvalue weighted by Crippen LogP contribution is -1.95. The lowest BCUT2D eigenvalue weighted by Gasteiger charge is -2.04. The Labute approximate surface area is 156 Å². The molecule has 1 heterocycles. The minimum absolute atomic E-state index is 0.260. The molecule has 0 radical (unpaired) electrons. The molecule has 0 saturated carbocycles. The Hall–Kier alpha value is -2.79. The van der Waals surface area contributed by atoms with Gasteiger partial charge in [0.1, 0.15) is 5.75 Å². The molecule has 0 aliphatic rings. The number of rotatable bonds is 6. The summed E-state index contributed by atoms with van der Waals surface area (Å²) in [4.78, 5) is 0. The Bertz CT molecular complexity index is 1030. The average Bonchev–Trinajstić information content (AvgIpc) is 3.13. The predicted octanol–water partition coefficient (Wildman–Crippen LogP) is 5.40. The summed E-state index contributed by atoms with van der Waals surface area (Å²) < 4.78 is 11.4. The molecule has 0 atom stereocenters. The molecule has 0 N–H and O–H groups in total. The fraction of sp³-hybridized carbons (Fsp3) is 0.143. The monoisotopic (exact) mass is 362 g/mol. The van der Waals surface area contributed by atoms with Crippen molar-refractivity contribution in [2.24, 2.45) is 0 Å². The third-order valence-electron chi connectivity index (χ3n) is 3.98. The first kappa shape index (κ1) is 16.7. The topological polar surface area (TPSA) is 48.2 Å². The van der Waals surface area contributed by atoms with Crippen molar-refractivity contribution in [1.82, 2.24) is 10.2 Å². The van der Waals surface area contributed by atoms with Gasteiger partial charge in [-0.05, 0) is 35.4 Å². The molecule has 0 fully saturated rings. The number of ether oxygens (including phenoxy) is 1. The lowest BCUT2D eigenvalue weighted by molar-refractivity contribution is 0.252. The van der Waals surface area contributed by atoms with Gasteiger partial charge in [0, 0.05) is 5.75 Å². The van der Waals surface area contributed by atoms with Gasteiger partial charge in [-0.3, -0.25) is 0 Å². The molecule has 1 aromatic heterocycles. The van der Waals surface area contributed by atoms with Gasteiger partial charge in [0.15, 0.2) is 6.61 Å². The highest BCUT2D eigenvalue weighted by Crippen LogP contribution is 2.24. The highest BCUT2D eigenvalue weighted by atomic mass is 32.2. The third-order valence-corrected chi connectivity index (χ3v) is 4.87. The van der Waals surface area contributed by atoms with E-state index in [-0.39, 0.29) is 6.61 Å². The van der Waals surface area contributed by atoms with Crippen molar-refractivity contribution in [2.45, 2.75) is 24.5 Å². The number of aromatic nitrogens is 2. The molecule has 4 aromatic rings. The van der Waals surface area contributed by atoms with E-state index in [9.17, 15) is 0 Å². The van der Waals surface area contributed by atoms with Crippen molar-refractivity contribution in [3.63, 3.8) is 0 Å². The van der Waals surface area contributed by atoms with Crippen LogP contribution >= 0.6 is 11.8 Å². The fourth-order valence-electron chi connectivity index (χ4n) is 2.70. The molecule has 0 aliphatic heterocycles. The molecule has 0 unspecified atom stereocenters. The maximum atomic E-state index is 5.79. The summed E-state index contributed by atoms with van der Waals surface area (Å²) in [5.74, 6) is 2.07. The van der Waals surface area contributed by atoms with E-state index in [2.05, 4.69) is 53.5 Å². The van der Waals surface area contributed by atoms with Crippen LogP contribution in [-0.4, -0.2) is 10.2 Å². The summed E-state index contributed by atoms with van der Waals surface area (Å²) in [6.45, 7) is 2.35. The van der Waals surface area contributed by atoms with Crippen molar-refractivity contribution in [3.8, 4) is 5.75 Å². The number of nitrogens with zero attached hydrogens (tertiary/aromatic N) is 2. The van der Waals surface area contributed by atoms with Crippen LogP contribution in [0.2, 0.25) is 0 Å². The second-order valence-corrected chi connectivity index (χ2v) is 6.96. The van der Waals surface area contributed by atoms with Gasteiger partial charge in [-0.2, -0.15) is 0 Å². The van der Waals surface area contributed by atoms with E-state index in [0.717, 1.165) is 16.9 Å². The number of thioether (sulfide) groups is 1. The second-order valence-electron chi connectivity index (χ2n) is 6.04. The van der Waals surface area contributed by atoms with Gasteiger partial charge in [0.25, 0.3) is 11.1 Å². The summed E-state index contributed by atoms with van der Waals surface area (Å²) in [7, 11) is 0. The third kappa shape index (κ3) is 4.06. The second kappa shape index (κ2) is 7.62. The molecule has 5 heteroatoms. The maximum Gasteiger partial charge on any atom is 0.277 e. The van der Waals surface area contributed by atoms with E-state index < -0.39 is 0 Å². The Morgan fingerprint density at radius 2 is 1.81 bits per heavy atom. The van der Waals surface area contributed by atoms with E-state index in [4.69, 9.17) is 9.15 Å². The van der Waals surface area contributed by atoms with Gasteiger partial charge >= 0.3 is 0 Å². The van der Waals surface area contributed by atoms with Gasteiger partial charge in [0.2, 0.25) is 0 Å². The zero-order valence-electron chi connectivity index (χ0n) is 14.4. The van der Waals surface area contributed by atoms with E-state index in [1.807, 2.05) is 30.3 Å². The molecule has 0 spiro atoms. The van der Waals surface area contributed by atoms with Crippen molar-refractivity contribution in [2.75, 3.05) is 0 Å². The highest BCUT2D eigenvalue weighted by molar-refractivity contribution is 7.98. The fourth-order valence-corrected chi connectivity index (χ4v) is 3.43. The first-order valence-electron chi connectivity index (χ1n) is 8.38. The Morgan fingerprint density at radius 3 is 2.69 bits per heavy atom. The number of fused-ring (bicyclic) bond motifs is 1. The number of benzene rings is 3. The Morgan fingerprint density at radius 1 is 0.923 bits per heavy atom. The van der Waals surface area contributed by atoms with E-state index >= 15 is 0 Å². The predicted molar refractivity (Wildman–Crippen MR) is 103 cm³/mol. The normalized spacial score (nSPS) is 11.0. The quantitative estimate of drug-likeness (QED) is 0.430. The van der Waals surface area contributed by atoms with E-state index in [1.165, 1.54) is 28.3 Å². The van der Waals surface area contributed by atoms with E-state index in [0.29, 0.717) is 11.1 Å². The largest absolute Gasteiger partial charge is 0.484 e. The number of aryl methyl sites for hydroxylation is 1. The van der Waals surface area contributed by atoms with Crippen LogP contribution in [0.4, 0.5) is 0 Å². The Balaban J connectivity index is 1.35. The van der Waals surface area contributed by atoms with Gasteiger partial charge < -0.3 is 9.15 Å². The summed E-state index contributed by atoms with van der Waals surface area (Å²) in [6.07, 6.45) is 0. The zero-order valence-corrected chi connectivity index (χ0v) is 15.2. The van der Waals surface area contributed by atoms with Gasteiger partial charge in [-0.25, -0.2) is 0 Å². The van der Waals surface area contributed by atoms with Crippen LogP contribution in [0.1, 0.15) is 17.0 Å². The molecule has 4 rings (SSSR count). The summed E-state index contributed by atoms with van der Waals surface area (Å²) in [5.41, 5.74) is 2.49. The molecular weight excluding hydrogens is 344 g/mol. The smallest absolute Gasteiger partial charge is 0.277 e. The summed E-state index contributed by atoms with van der Waals surface area (Å²) >= 11 is 1.53. The molecule has 4 nitrogen and oxygen atoms in total. The minimum Gasteiger partial charge on any atom is -0.484 e. The first-order valence-corrected chi connectivity index (χ1v) is 9.37. The highest BCUT2D eigenvalue weighted by Gasteiger charge is 2.08. The number of hydrogen-bond acceptors (Lipinski definition) is 5. The molecule has 0 aliphatic carbocycles. The van der Waals surface area contributed by atoms with Crippen molar-refractivity contribution >= 4 is 22.5 Å². The standard InChI is InChI=1S/C21H18N2O2S/c1-15-5-4-6-16(11-15)14-26-21-23-22-20(25-21)13-24-19-10-9-17-7-2-3-8-18(17)12-19/h2-12H,13-14H2,1H3. The van der Waals surface area contributed by atoms with Crippen molar-refractivity contribution in [1.29, 1.82) is 0 Å². The summed E-state index contributed by atoms with van der Waals surface area (Å²) in [6, 6.07) is 22.6. The first-order chi connectivity index (χ1) is 12.8. The van der Waals surface area contributed by atoms with Gasteiger partial charge in [-0.15, -0.1) is 10.2 Å². The summed E-state index contributed by atoms with van der Waals surface area (Å²) in [5, 5.41) is 11.0. The SMILES string of the molecule is Cc1cccc(CSc2nnc(COc3ccc4ccccc4c3)o2)c1. The zero-order chi connectivity index (χ0) is 17.8. The van der Waals surface area contributed by atoms with Gasteiger partial charge in [0.05, 0.1) is 0 Å². The molecule has 0 amide bonds. The molecule has 3 aromatic carbocycles. The molecule has 130 valence electrons. The lowest BCUT2D eigenvalue weighted by atomic mass is 10.1. The van der Waals surface area contributed by atoms with Crippen molar-refractivity contribution < 1.29 is 9.15 Å². The van der Waals surface area contributed by atoms with Crippen LogP contribution in [0, 0.1) is 6.92 Å². The Kier molecular flexibility index (Phi) is 4.88. The maximum absolute atomic E-state index is 5.79. The molecule has 26 heavy (non-hydrogen) atoms. The van der Waals surface area contributed by atoms with Gasteiger partial charge in [-0.1, -0.05) is 71.9 Å². The minimum atomic E-state index is 0.260. The van der Waals surface area contributed by atoms with Crippen LogP contribution in [0.25, 0.3) is 10.8 Å².